The molecule has 6 nitrogen and oxygen atoms in total. The number of rotatable bonds is 6. The van der Waals surface area contributed by atoms with E-state index in [1.807, 2.05) is 0 Å². The van der Waals surface area contributed by atoms with E-state index in [1.165, 1.54) is 20.0 Å². The zero-order valence-corrected chi connectivity index (χ0v) is 15.2. The summed E-state index contributed by atoms with van der Waals surface area (Å²) in [6.45, 7) is 9.56. The SMILES string of the molecule is CCNC(=NCC(C)N(C)C1CC1)N1CC(C)C(C(=O)OC)C1. The van der Waals surface area contributed by atoms with E-state index in [1.54, 1.807) is 0 Å². The van der Waals surface area contributed by atoms with Crippen molar-refractivity contribution in [2.75, 3.05) is 40.3 Å². The van der Waals surface area contributed by atoms with E-state index in [4.69, 9.17) is 9.73 Å². The zero-order chi connectivity index (χ0) is 17.0. The van der Waals surface area contributed by atoms with Crippen LogP contribution in [-0.4, -0.2) is 74.1 Å². The Kier molecular flexibility index (Phi) is 6.27. The van der Waals surface area contributed by atoms with Crippen LogP contribution in [0.2, 0.25) is 0 Å². The molecule has 0 bridgehead atoms. The number of nitrogens with one attached hydrogen (secondary N) is 1. The highest BCUT2D eigenvalue weighted by Crippen LogP contribution is 2.27. The van der Waals surface area contributed by atoms with Crippen molar-refractivity contribution < 1.29 is 9.53 Å². The minimum atomic E-state index is -0.113. The number of nitrogens with zero attached hydrogens (tertiary/aromatic N) is 3. The molecule has 2 rings (SSSR count). The topological polar surface area (TPSA) is 57.2 Å². The molecule has 1 aliphatic heterocycles. The third-order valence-corrected chi connectivity index (χ3v) is 5.07. The Morgan fingerprint density at radius 3 is 2.70 bits per heavy atom. The second-order valence-electron chi connectivity index (χ2n) is 6.95. The minimum absolute atomic E-state index is 0.0598. The number of ether oxygens (including phenoxy) is 1. The molecule has 0 aromatic heterocycles. The van der Waals surface area contributed by atoms with E-state index in [2.05, 4.69) is 42.9 Å². The van der Waals surface area contributed by atoms with Crippen molar-refractivity contribution in [2.45, 2.75) is 45.7 Å². The summed E-state index contributed by atoms with van der Waals surface area (Å²) in [5.41, 5.74) is 0. The summed E-state index contributed by atoms with van der Waals surface area (Å²) >= 11 is 0. The standard InChI is InChI=1S/C17H32N4O2/c1-6-18-17(19-9-13(3)20(4)14-7-8-14)21-10-12(2)15(11-21)16(22)23-5/h12-15H,6-11H2,1-5H3,(H,18,19). The van der Waals surface area contributed by atoms with Gasteiger partial charge in [-0.25, -0.2) is 0 Å². The number of likely N-dealkylation sites (tertiary alicyclic amines) is 1. The van der Waals surface area contributed by atoms with E-state index < -0.39 is 0 Å². The highest BCUT2D eigenvalue weighted by atomic mass is 16.5. The number of carbonyl (C=O) groups excluding carboxylic acids is 1. The van der Waals surface area contributed by atoms with E-state index >= 15 is 0 Å². The molecule has 1 heterocycles. The normalized spacial score (nSPS) is 26.5. The molecule has 1 saturated carbocycles. The third kappa shape index (κ3) is 4.59. The van der Waals surface area contributed by atoms with Gasteiger partial charge in [0.25, 0.3) is 0 Å². The Hall–Kier alpha value is -1.30. The van der Waals surface area contributed by atoms with Crippen molar-refractivity contribution >= 4 is 11.9 Å². The summed E-state index contributed by atoms with van der Waals surface area (Å²) in [6, 6.07) is 1.19. The van der Waals surface area contributed by atoms with E-state index in [9.17, 15) is 4.79 Å². The number of aliphatic imine (C=N–C) groups is 1. The van der Waals surface area contributed by atoms with Gasteiger partial charge in [0, 0.05) is 31.7 Å². The van der Waals surface area contributed by atoms with Crippen LogP contribution in [0.3, 0.4) is 0 Å². The molecule has 2 fully saturated rings. The maximum absolute atomic E-state index is 11.9. The smallest absolute Gasteiger partial charge is 0.310 e. The van der Waals surface area contributed by atoms with Crippen LogP contribution in [0, 0.1) is 11.8 Å². The summed E-state index contributed by atoms with van der Waals surface area (Å²) in [4.78, 5) is 21.3. The largest absolute Gasteiger partial charge is 0.469 e. The molecule has 1 saturated heterocycles. The van der Waals surface area contributed by atoms with Gasteiger partial charge < -0.3 is 15.0 Å². The second-order valence-corrected chi connectivity index (χ2v) is 6.95. The number of carbonyl (C=O) groups is 1. The van der Waals surface area contributed by atoms with E-state index in [0.717, 1.165) is 31.6 Å². The number of esters is 1. The third-order valence-electron chi connectivity index (χ3n) is 5.07. The van der Waals surface area contributed by atoms with Gasteiger partial charge in [-0.1, -0.05) is 6.92 Å². The van der Waals surface area contributed by atoms with Crippen molar-refractivity contribution in [2.24, 2.45) is 16.8 Å². The molecule has 3 atom stereocenters. The van der Waals surface area contributed by atoms with E-state index in [-0.39, 0.29) is 17.8 Å². The second kappa shape index (κ2) is 7.99. The van der Waals surface area contributed by atoms with E-state index in [0.29, 0.717) is 12.6 Å². The van der Waals surface area contributed by atoms with Crippen LogP contribution < -0.4 is 5.32 Å². The fourth-order valence-corrected chi connectivity index (χ4v) is 3.21. The lowest BCUT2D eigenvalue weighted by molar-refractivity contribution is -0.145. The molecule has 6 heteroatoms. The van der Waals surface area contributed by atoms with Crippen molar-refractivity contribution in [3.8, 4) is 0 Å². The monoisotopic (exact) mass is 324 g/mol. The Morgan fingerprint density at radius 1 is 1.43 bits per heavy atom. The first kappa shape index (κ1) is 18.0. The van der Waals surface area contributed by atoms with Crippen molar-refractivity contribution in [3.63, 3.8) is 0 Å². The fraction of sp³-hybridized carbons (Fsp3) is 0.882. The fourth-order valence-electron chi connectivity index (χ4n) is 3.21. The van der Waals surface area contributed by atoms with Crippen molar-refractivity contribution in [3.05, 3.63) is 0 Å². The maximum Gasteiger partial charge on any atom is 0.310 e. The molecule has 3 unspecified atom stereocenters. The molecule has 23 heavy (non-hydrogen) atoms. The first-order chi connectivity index (χ1) is 11.0. The van der Waals surface area contributed by atoms with Gasteiger partial charge in [0.2, 0.25) is 0 Å². The average molecular weight is 324 g/mol. The van der Waals surface area contributed by atoms with Crippen LogP contribution in [-0.2, 0) is 9.53 Å². The van der Waals surface area contributed by atoms with Gasteiger partial charge in [0.15, 0.2) is 5.96 Å². The molecular formula is C17H32N4O2. The number of likely N-dealkylation sites (N-methyl/N-ethyl adjacent to an activating group) is 1. The Morgan fingerprint density at radius 2 is 2.13 bits per heavy atom. The van der Waals surface area contributed by atoms with Gasteiger partial charge in [-0.15, -0.1) is 0 Å². The lowest BCUT2D eigenvalue weighted by Crippen LogP contribution is -2.42. The zero-order valence-electron chi connectivity index (χ0n) is 15.2. The summed E-state index contributed by atoms with van der Waals surface area (Å²) in [5, 5.41) is 3.37. The van der Waals surface area contributed by atoms with Crippen LogP contribution in [0.15, 0.2) is 4.99 Å². The maximum atomic E-state index is 11.9. The quantitative estimate of drug-likeness (QED) is 0.452. The van der Waals surface area contributed by atoms with Crippen LogP contribution in [0.5, 0.6) is 0 Å². The Labute approximate surface area is 140 Å². The molecular weight excluding hydrogens is 292 g/mol. The summed E-state index contributed by atoms with van der Waals surface area (Å²) < 4.78 is 4.92. The van der Waals surface area contributed by atoms with Crippen LogP contribution in [0.1, 0.15) is 33.6 Å². The predicted molar refractivity (Wildman–Crippen MR) is 92.5 cm³/mol. The van der Waals surface area contributed by atoms with Crippen LogP contribution in [0.25, 0.3) is 0 Å². The van der Waals surface area contributed by atoms with Crippen molar-refractivity contribution in [1.29, 1.82) is 0 Å². The summed E-state index contributed by atoms with van der Waals surface area (Å²) in [5.74, 6) is 1.03. The van der Waals surface area contributed by atoms with Gasteiger partial charge in [-0.3, -0.25) is 14.7 Å². The molecule has 0 radical (unpaired) electrons. The molecule has 1 aliphatic carbocycles. The number of guanidine groups is 1. The number of hydrogen-bond donors (Lipinski definition) is 1. The highest BCUT2D eigenvalue weighted by Gasteiger charge is 2.37. The predicted octanol–water partition coefficient (Wildman–Crippen LogP) is 1.18. The molecule has 132 valence electrons. The van der Waals surface area contributed by atoms with Gasteiger partial charge in [0.05, 0.1) is 19.6 Å². The summed E-state index contributed by atoms with van der Waals surface area (Å²) in [7, 11) is 3.66. The Balaban J connectivity index is 1.97. The summed E-state index contributed by atoms with van der Waals surface area (Å²) in [6.07, 6.45) is 2.63. The lowest BCUT2D eigenvalue weighted by atomic mass is 9.99. The number of methoxy groups -OCH3 is 1. The lowest BCUT2D eigenvalue weighted by Gasteiger charge is -2.25. The number of hydrogen-bond acceptors (Lipinski definition) is 4. The van der Waals surface area contributed by atoms with Crippen LogP contribution in [0.4, 0.5) is 0 Å². The minimum Gasteiger partial charge on any atom is -0.469 e. The first-order valence-corrected chi connectivity index (χ1v) is 8.80. The highest BCUT2D eigenvalue weighted by molar-refractivity contribution is 5.82. The van der Waals surface area contributed by atoms with Gasteiger partial charge in [-0.2, -0.15) is 0 Å². The van der Waals surface area contributed by atoms with Gasteiger partial charge in [-0.05, 0) is 39.7 Å². The van der Waals surface area contributed by atoms with Gasteiger partial charge >= 0.3 is 5.97 Å². The molecule has 1 N–H and O–H groups in total. The van der Waals surface area contributed by atoms with Gasteiger partial charge in [0.1, 0.15) is 0 Å². The molecule has 2 aliphatic rings. The molecule has 0 aromatic carbocycles. The first-order valence-electron chi connectivity index (χ1n) is 8.80. The Bertz CT molecular complexity index is 436. The molecule has 0 aromatic rings. The average Bonchev–Trinajstić information content (AvgIpc) is 3.32. The van der Waals surface area contributed by atoms with Crippen LogP contribution >= 0.6 is 0 Å². The molecule has 0 spiro atoms. The van der Waals surface area contributed by atoms with Crippen molar-refractivity contribution in [1.82, 2.24) is 15.1 Å². The molecule has 0 amide bonds.